The molecule has 1 aliphatic rings. The van der Waals surface area contributed by atoms with E-state index < -0.39 is 48.5 Å². The van der Waals surface area contributed by atoms with Gasteiger partial charge in [-0.2, -0.15) is 18.3 Å². The summed E-state index contributed by atoms with van der Waals surface area (Å²) in [5, 5.41) is 7.49. The van der Waals surface area contributed by atoms with Crippen molar-refractivity contribution in [3.8, 4) is 17.1 Å². The molecule has 3 heterocycles. The molecule has 1 fully saturated rings. The zero-order valence-corrected chi connectivity index (χ0v) is 28.8. The average Bonchev–Trinajstić information content (AvgIpc) is 3.01. The number of benzene rings is 1. The Morgan fingerprint density at radius 1 is 1.06 bits per heavy atom. The first-order valence-corrected chi connectivity index (χ1v) is 19.6. The van der Waals surface area contributed by atoms with Crippen LogP contribution in [0.5, 0.6) is 5.75 Å². The third kappa shape index (κ3) is 8.24. The van der Waals surface area contributed by atoms with E-state index in [0.29, 0.717) is 48.1 Å². The minimum atomic E-state index is -4.92. The second kappa shape index (κ2) is 14.3. The van der Waals surface area contributed by atoms with E-state index in [2.05, 4.69) is 40.0 Å². The Balaban J connectivity index is 1.32. The van der Waals surface area contributed by atoms with Gasteiger partial charge in [-0.1, -0.05) is 37.7 Å². The number of alkyl halides is 3. The Morgan fingerprint density at radius 3 is 2.46 bits per heavy atom. The second-order valence-corrected chi connectivity index (χ2v) is 19.2. The van der Waals surface area contributed by atoms with E-state index >= 15 is 4.39 Å². The predicted octanol–water partition coefficient (Wildman–Crippen LogP) is 6.82. The first-order valence-electron chi connectivity index (χ1n) is 15.5. The van der Waals surface area contributed by atoms with E-state index in [-0.39, 0.29) is 41.0 Å². The quantitative estimate of drug-likeness (QED) is 0.103. The molecule has 3 aromatic heterocycles. The van der Waals surface area contributed by atoms with Crippen molar-refractivity contribution in [2.45, 2.75) is 76.9 Å². The fourth-order valence-electron chi connectivity index (χ4n) is 5.81. The second-order valence-electron chi connectivity index (χ2n) is 13.2. The maximum Gasteiger partial charge on any atom is 0.423 e. The summed E-state index contributed by atoms with van der Waals surface area (Å²) in [7, 11) is 0.0354. The summed E-state index contributed by atoms with van der Waals surface area (Å²) in [6, 6.07) is 2.93. The molecule has 4 aromatic rings. The van der Waals surface area contributed by atoms with Crippen LogP contribution in [0.15, 0.2) is 46.5 Å². The first-order chi connectivity index (χ1) is 22.6. The Kier molecular flexibility index (Phi) is 10.6. The fourth-order valence-corrected chi connectivity index (χ4v) is 6.85. The molecule has 0 saturated heterocycles. The summed E-state index contributed by atoms with van der Waals surface area (Å²) in [5.74, 6) is -0.307. The van der Waals surface area contributed by atoms with Gasteiger partial charge in [0.05, 0.1) is 47.4 Å². The van der Waals surface area contributed by atoms with Gasteiger partial charge >= 0.3 is 6.18 Å². The summed E-state index contributed by atoms with van der Waals surface area (Å²) in [5.41, 5.74) is -3.38. The molecule has 0 bridgehead atoms. The average molecular weight is 709 g/mol. The molecule has 5 rings (SSSR count). The highest BCUT2D eigenvalue weighted by atomic mass is 35.5. The van der Waals surface area contributed by atoms with E-state index in [1.807, 2.05) is 0 Å². The zero-order valence-electron chi connectivity index (χ0n) is 27.0. The Labute approximate surface area is 280 Å². The van der Waals surface area contributed by atoms with Crippen molar-refractivity contribution >= 4 is 36.1 Å². The van der Waals surface area contributed by atoms with Crippen molar-refractivity contribution in [1.82, 2.24) is 24.3 Å². The summed E-state index contributed by atoms with van der Waals surface area (Å²) in [6.07, 6.45) is 2.75. The van der Waals surface area contributed by atoms with E-state index in [9.17, 15) is 22.8 Å². The number of halogens is 5. The van der Waals surface area contributed by atoms with Crippen LogP contribution in [0.25, 0.3) is 22.2 Å². The lowest BCUT2D eigenvalue weighted by Gasteiger charge is -2.31. The minimum absolute atomic E-state index is 0.0698. The predicted molar refractivity (Wildman–Crippen MR) is 178 cm³/mol. The van der Waals surface area contributed by atoms with E-state index in [4.69, 9.17) is 21.1 Å². The molecular weight excluding hydrogens is 672 g/mol. The highest BCUT2D eigenvalue weighted by Gasteiger charge is 2.39. The van der Waals surface area contributed by atoms with Gasteiger partial charge in [-0.25, -0.2) is 19.0 Å². The van der Waals surface area contributed by atoms with Gasteiger partial charge in [0.25, 0.3) is 11.1 Å². The number of anilines is 1. The monoisotopic (exact) mass is 708 g/mol. The van der Waals surface area contributed by atoms with Crippen LogP contribution in [0, 0.1) is 11.7 Å². The van der Waals surface area contributed by atoms with Gasteiger partial charge in [0.2, 0.25) is 0 Å². The van der Waals surface area contributed by atoms with Crippen LogP contribution in [0.2, 0.25) is 30.7 Å². The van der Waals surface area contributed by atoms with Gasteiger partial charge in [-0.05, 0) is 43.4 Å². The zero-order chi connectivity index (χ0) is 34.8. The van der Waals surface area contributed by atoms with Gasteiger partial charge < -0.3 is 19.4 Å². The van der Waals surface area contributed by atoms with Crippen molar-refractivity contribution in [3.63, 3.8) is 0 Å². The van der Waals surface area contributed by atoms with Crippen LogP contribution in [0.3, 0.4) is 0 Å². The molecule has 0 amide bonds. The molecule has 1 aromatic carbocycles. The number of hydrogen-bond donors (Lipinski definition) is 1. The normalized spacial score (nSPS) is 17.1. The van der Waals surface area contributed by atoms with Crippen LogP contribution in [0.4, 0.5) is 23.2 Å². The number of methoxy groups -OCH3 is 1. The molecule has 0 unspecified atom stereocenters. The maximum absolute atomic E-state index is 15.2. The minimum Gasteiger partial charge on any atom is -0.494 e. The van der Waals surface area contributed by atoms with Crippen LogP contribution in [-0.4, -0.2) is 52.1 Å². The van der Waals surface area contributed by atoms with Gasteiger partial charge in [-0.3, -0.25) is 9.59 Å². The first kappa shape index (κ1) is 35.5. The number of rotatable bonds is 11. The van der Waals surface area contributed by atoms with E-state index in [1.165, 1.54) is 36.3 Å². The molecule has 0 radical (unpaired) electrons. The highest BCUT2D eigenvalue weighted by Crippen LogP contribution is 2.35. The van der Waals surface area contributed by atoms with Gasteiger partial charge in [0, 0.05) is 38.9 Å². The molecule has 2 atom stereocenters. The maximum atomic E-state index is 15.2. The lowest BCUT2D eigenvalue weighted by molar-refractivity contribution is -0.138. The SMILES string of the molecule is COc1cnc(-c2cc3c(Cl)cn(C[C@@H]4CCC[C@H](Nc5cnn(COCC[Si](C)(C)C)c(=O)c5C(F)(F)F)C4)c(=O)c3cc2F)nc1. The molecule has 0 spiro atoms. The number of nitrogens with zero attached hydrogens (tertiary/aromatic N) is 5. The third-order valence-corrected chi connectivity index (χ3v) is 10.4. The van der Waals surface area contributed by atoms with E-state index in [1.54, 1.807) is 0 Å². The topological polar surface area (TPSA) is 113 Å². The third-order valence-electron chi connectivity index (χ3n) is 8.36. The van der Waals surface area contributed by atoms with Gasteiger partial charge in [0.15, 0.2) is 11.6 Å². The summed E-state index contributed by atoms with van der Waals surface area (Å²) < 4.78 is 70.2. The largest absolute Gasteiger partial charge is 0.494 e. The van der Waals surface area contributed by atoms with Crippen molar-refractivity contribution in [2.24, 2.45) is 5.92 Å². The van der Waals surface area contributed by atoms with E-state index in [0.717, 1.165) is 18.3 Å². The van der Waals surface area contributed by atoms with Gasteiger partial charge in [0.1, 0.15) is 18.1 Å². The van der Waals surface area contributed by atoms with Crippen molar-refractivity contribution in [1.29, 1.82) is 0 Å². The molecule has 48 heavy (non-hydrogen) atoms. The number of aromatic nitrogens is 5. The number of ether oxygens (including phenoxy) is 2. The number of fused-ring (bicyclic) bond motifs is 1. The van der Waals surface area contributed by atoms with Crippen molar-refractivity contribution < 1.29 is 27.0 Å². The Bertz CT molecular complexity index is 1900. The fraction of sp³-hybridized carbons (Fsp3) is 0.469. The molecule has 16 heteroatoms. The van der Waals surface area contributed by atoms with Crippen molar-refractivity contribution in [2.75, 3.05) is 19.0 Å². The Morgan fingerprint density at radius 2 is 1.79 bits per heavy atom. The molecule has 258 valence electrons. The lowest BCUT2D eigenvalue weighted by atomic mass is 9.85. The molecule has 0 aliphatic heterocycles. The van der Waals surface area contributed by atoms with Crippen LogP contribution in [0.1, 0.15) is 31.2 Å². The van der Waals surface area contributed by atoms with Gasteiger partial charge in [-0.15, -0.1) is 0 Å². The molecule has 1 N–H and O–H groups in total. The molecular formula is C32H37ClF4N6O4Si. The number of hydrogen-bond acceptors (Lipinski definition) is 8. The number of pyridine rings is 1. The van der Waals surface area contributed by atoms with Crippen molar-refractivity contribution in [3.05, 3.63) is 74.0 Å². The molecule has 1 aliphatic carbocycles. The van der Waals surface area contributed by atoms with Crippen LogP contribution in [-0.2, 0) is 24.2 Å². The standard InChI is InChI=1S/C32H37ClF4N6O4Si/c1-46-21-13-38-29(39-14-21)24-11-22-23(12-26(24)34)30(44)42(17-25(22)33)16-19-6-5-7-20(10-19)41-27-15-40-43(18-47-8-9-48(2,3)4)31(45)28(27)32(35,36)37/h11-15,17,19-20,41H,5-10,16,18H2,1-4H3/t19-,20+/m1/s1. The lowest BCUT2D eigenvalue weighted by Crippen LogP contribution is -2.36. The number of nitrogens with one attached hydrogen (secondary N) is 1. The molecule has 1 saturated carbocycles. The summed E-state index contributed by atoms with van der Waals surface area (Å²) in [4.78, 5) is 34.6. The summed E-state index contributed by atoms with van der Waals surface area (Å²) >= 11 is 6.59. The molecule has 10 nitrogen and oxygen atoms in total. The highest BCUT2D eigenvalue weighted by molar-refractivity contribution is 6.76. The summed E-state index contributed by atoms with van der Waals surface area (Å²) in [6.45, 7) is 6.61. The van der Waals surface area contributed by atoms with Crippen LogP contribution < -0.4 is 21.2 Å². The Hall–Kier alpha value is -3.82. The smallest absolute Gasteiger partial charge is 0.423 e. The van der Waals surface area contributed by atoms with Crippen LogP contribution >= 0.6 is 11.6 Å².